The van der Waals surface area contributed by atoms with Crippen LogP contribution >= 0.6 is 0 Å². The molecule has 1 aliphatic heterocycles. The number of hydrogen-bond donors (Lipinski definition) is 2. The molecule has 0 aromatic rings. The van der Waals surface area contributed by atoms with Gasteiger partial charge in [-0.2, -0.15) is 0 Å². The Hall–Kier alpha value is -0.570. The van der Waals surface area contributed by atoms with E-state index < -0.39 is 0 Å². The molecule has 3 aliphatic carbocycles. The van der Waals surface area contributed by atoms with E-state index >= 15 is 0 Å². The number of carbonyl (C=O) groups excluding carboxylic acids is 1. The molecular formula is C17H28N2O. The fourth-order valence-corrected chi connectivity index (χ4v) is 5.86. The van der Waals surface area contributed by atoms with E-state index in [0.717, 1.165) is 43.2 Å². The lowest BCUT2D eigenvalue weighted by Crippen LogP contribution is -2.43. The SMILES string of the molecule is O=C(CC1CCCNC1)NC1CC2CC1C1CCCC21. The van der Waals surface area contributed by atoms with Gasteiger partial charge in [-0.05, 0) is 81.2 Å². The first-order valence-corrected chi connectivity index (χ1v) is 8.81. The van der Waals surface area contributed by atoms with Gasteiger partial charge in [0.25, 0.3) is 0 Å². The van der Waals surface area contributed by atoms with E-state index in [2.05, 4.69) is 10.6 Å². The second-order valence-corrected chi connectivity index (χ2v) is 7.74. The molecule has 3 nitrogen and oxygen atoms in total. The molecule has 6 unspecified atom stereocenters. The molecule has 1 heterocycles. The number of hydrogen-bond acceptors (Lipinski definition) is 2. The first-order chi connectivity index (χ1) is 9.81. The van der Waals surface area contributed by atoms with Crippen LogP contribution in [-0.2, 0) is 4.79 Å². The summed E-state index contributed by atoms with van der Waals surface area (Å²) >= 11 is 0. The number of piperidine rings is 1. The number of fused-ring (bicyclic) bond motifs is 5. The van der Waals surface area contributed by atoms with E-state index in [1.54, 1.807) is 0 Å². The Kier molecular flexibility index (Phi) is 3.49. The van der Waals surface area contributed by atoms with Crippen molar-refractivity contribution in [1.29, 1.82) is 0 Å². The third-order valence-electron chi connectivity index (χ3n) is 6.65. The summed E-state index contributed by atoms with van der Waals surface area (Å²) in [5.41, 5.74) is 0. The molecular weight excluding hydrogens is 248 g/mol. The highest BCUT2D eigenvalue weighted by molar-refractivity contribution is 5.76. The van der Waals surface area contributed by atoms with Gasteiger partial charge in [-0.3, -0.25) is 4.79 Å². The van der Waals surface area contributed by atoms with E-state index in [1.807, 2.05) is 0 Å². The van der Waals surface area contributed by atoms with E-state index in [0.29, 0.717) is 17.9 Å². The number of rotatable bonds is 3. The number of carbonyl (C=O) groups is 1. The first kappa shape index (κ1) is 13.1. The number of amides is 1. The maximum atomic E-state index is 12.3. The van der Waals surface area contributed by atoms with Crippen molar-refractivity contribution in [3.05, 3.63) is 0 Å². The highest BCUT2D eigenvalue weighted by Crippen LogP contribution is 2.58. The number of nitrogens with one attached hydrogen (secondary N) is 2. The first-order valence-electron chi connectivity index (χ1n) is 8.81. The Morgan fingerprint density at radius 2 is 1.95 bits per heavy atom. The maximum absolute atomic E-state index is 12.3. The second-order valence-electron chi connectivity index (χ2n) is 7.74. The Balaban J connectivity index is 1.30. The molecule has 1 amide bonds. The summed E-state index contributed by atoms with van der Waals surface area (Å²) in [5, 5.41) is 6.81. The minimum atomic E-state index is 0.325. The Labute approximate surface area is 122 Å². The van der Waals surface area contributed by atoms with Gasteiger partial charge in [-0.15, -0.1) is 0 Å². The van der Waals surface area contributed by atoms with Crippen molar-refractivity contribution in [2.45, 2.75) is 57.4 Å². The minimum Gasteiger partial charge on any atom is -0.353 e. The molecule has 3 saturated carbocycles. The van der Waals surface area contributed by atoms with Gasteiger partial charge in [0.05, 0.1) is 0 Å². The van der Waals surface area contributed by atoms with Crippen LogP contribution in [0.5, 0.6) is 0 Å². The fraction of sp³-hybridized carbons (Fsp3) is 0.941. The zero-order valence-corrected chi connectivity index (χ0v) is 12.4. The fourth-order valence-electron chi connectivity index (χ4n) is 5.86. The normalized spacial score (nSPS) is 46.4. The zero-order chi connectivity index (χ0) is 13.5. The van der Waals surface area contributed by atoms with Gasteiger partial charge in [0.1, 0.15) is 0 Å². The zero-order valence-electron chi connectivity index (χ0n) is 12.4. The van der Waals surface area contributed by atoms with Crippen LogP contribution in [0.25, 0.3) is 0 Å². The third kappa shape index (κ3) is 2.28. The molecule has 4 aliphatic rings. The largest absolute Gasteiger partial charge is 0.353 e. The summed E-state index contributed by atoms with van der Waals surface area (Å²) < 4.78 is 0. The van der Waals surface area contributed by atoms with Gasteiger partial charge in [-0.1, -0.05) is 6.42 Å². The summed E-state index contributed by atoms with van der Waals surface area (Å²) in [4.78, 5) is 12.3. The lowest BCUT2D eigenvalue weighted by atomic mass is 9.79. The van der Waals surface area contributed by atoms with E-state index in [9.17, 15) is 4.79 Å². The van der Waals surface area contributed by atoms with Gasteiger partial charge < -0.3 is 10.6 Å². The average Bonchev–Trinajstić information content (AvgIpc) is 3.11. The topological polar surface area (TPSA) is 41.1 Å². The summed E-state index contributed by atoms with van der Waals surface area (Å²) in [5.74, 6) is 4.63. The summed E-state index contributed by atoms with van der Waals surface area (Å²) in [6.07, 6.45) is 10.2. The Morgan fingerprint density at radius 1 is 1.05 bits per heavy atom. The van der Waals surface area contributed by atoms with Crippen molar-refractivity contribution < 1.29 is 4.79 Å². The van der Waals surface area contributed by atoms with Crippen LogP contribution in [0.1, 0.15) is 51.4 Å². The van der Waals surface area contributed by atoms with Gasteiger partial charge in [0, 0.05) is 12.5 Å². The van der Waals surface area contributed by atoms with Gasteiger partial charge in [-0.25, -0.2) is 0 Å². The monoisotopic (exact) mass is 276 g/mol. The molecule has 4 fully saturated rings. The van der Waals surface area contributed by atoms with Crippen LogP contribution < -0.4 is 10.6 Å². The highest BCUT2D eigenvalue weighted by Gasteiger charge is 2.53. The average molecular weight is 276 g/mol. The minimum absolute atomic E-state index is 0.325. The third-order valence-corrected chi connectivity index (χ3v) is 6.65. The van der Waals surface area contributed by atoms with Gasteiger partial charge in [0.15, 0.2) is 0 Å². The van der Waals surface area contributed by atoms with Crippen LogP contribution in [0, 0.1) is 29.6 Å². The molecule has 0 aromatic heterocycles. The van der Waals surface area contributed by atoms with E-state index in [4.69, 9.17) is 0 Å². The van der Waals surface area contributed by atoms with Crippen molar-refractivity contribution >= 4 is 5.91 Å². The predicted octanol–water partition coefficient (Wildman–Crippen LogP) is 2.32. The molecule has 4 rings (SSSR count). The molecule has 0 aromatic carbocycles. The molecule has 3 heteroatoms. The standard InChI is InChI=1S/C17H28N2O/c20-17(7-11-3-2-6-18-10-11)19-16-9-12-8-15(16)14-5-1-4-13(12)14/h11-16,18H,1-10H2,(H,19,20). The summed E-state index contributed by atoms with van der Waals surface area (Å²) in [6.45, 7) is 2.17. The van der Waals surface area contributed by atoms with E-state index in [1.165, 1.54) is 44.9 Å². The summed E-state index contributed by atoms with van der Waals surface area (Å²) in [6, 6.07) is 0.517. The lowest BCUT2D eigenvalue weighted by molar-refractivity contribution is -0.123. The Morgan fingerprint density at radius 3 is 2.80 bits per heavy atom. The molecule has 112 valence electrons. The molecule has 2 bridgehead atoms. The molecule has 20 heavy (non-hydrogen) atoms. The van der Waals surface area contributed by atoms with Crippen LogP contribution in [0.4, 0.5) is 0 Å². The molecule has 2 N–H and O–H groups in total. The second kappa shape index (κ2) is 5.32. The van der Waals surface area contributed by atoms with Crippen LogP contribution in [0.15, 0.2) is 0 Å². The van der Waals surface area contributed by atoms with E-state index in [-0.39, 0.29) is 0 Å². The molecule has 6 atom stereocenters. The lowest BCUT2D eigenvalue weighted by Gasteiger charge is -2.32. The van der Waals surface area contributed by atoms with Crippen molar-refractivity contribution in [3.8, 4) is 0 Å². The smallest absolute Gasteiger partial charge is 0.220 e. The van der Waals surface area contributed by atoms with Crippen molar-refractivity contribution in [2.75, 3.05) is 13.1 Å². The van der Waals surface area contributed by atoms with Gasteiger partial charge >= 0.3 is 0 Å². The molecule has 0 spiro atoms. The van der Waals surface area contributed by atoms with Crippen LogP contribution in [-0.4, -0.2) is 25.0 Å². The molecule has 0 radical (unpaired) electrons. The summed E-state index contributed by atoms with van der Waals surface area (Å²) in [7, 11) is 0. The van der Waals surface area contributed by atoms with Crippen molar-refractivity contribution in [1.82, 2.24) is 10.6 Å². The van der Waals surface area contributed by atoms with Crippen LogP contribution in [0.3, 0.4) is 0 Å². The van der Waals surface area contributed by atoms with Gasteiger partial charge in [0.2, 0.25) is 5.91 Å². The van der Waals surface area contributed by atoms with Crippen molar-refractivity contribution in [2.24, 2.45) is 29.6 Å². The van der Waals surface area contributed by atoms with Crippen molar-refractivity contribution in [3.63, 3.8) is 0 Å². The van der Waals surface area contributed by atoms with Crippen LogP contribution in [0.2, 0.25) is 0 Å². The maximum Gasteiger partial charge on any atom is 0.220 e. The highest BCUT2D eigenvalue weighted by atomic mass is 16.1. The quantitative estimate of drug-likeness (QED) is 0.830. The Bertz CT molecular complexity index is 377. The predicted molar refractivity (Wildman–Crippen MR) is 79.2 cm³/mol. The molecule has 1 saturated heterocycles.